The number of nitrogens with zero attached hydrogens (tertiary/aromatic N) is 1. The van der Waals surface area contributed by atoms with Gasteiger partial charge in [-0.1, -0.05) is 46.6 Å². The topological polar surface area (TPSA) is 3.24 Å². The lowest BCUT2D eigenvalue weighted by Gasteiger charge is -2.38. The van der Waals surface area contributed by atoms with Gasteiger partial charge >= 0.3 is 0 Å². The molecule has 0 saturated heterocycles. The van der Waals surface area contributed by atoms with Crippen LogP contribution < -0.4 is 0 Å². The molecule has 1 aliphatic carbocycles. The summed E-state index contributed by atoms with van der Waals surface area (Å²) in [5, 5.41) is 1.12. The van der Waals surface area contributed by atoms with Crippen molar-refractivity contribution in [2.45, 2.75) is 45.2 Å². The number of hydrogen-bond acceptors (Lipinski definition) is 1. The van der Waals surface area contributed by atoms with Crippen molar-refractivity contribution < 1.29 is 0 Å². The van der Waals surface area contributed by atoms with Gasteiger partial charge in [-0.2, -0.15) is 0 Å². The van der Waals surface area contributed by atoms with Gasteiger partial charge in [-0.25, -0.2) is 0 Å². The van der Waals surface area contributed by atoms with Gasteiger partial charge in [0.05, 0.1) is 0 Å². The minimum Gasteiger partial charge on any atom is -0.296 e. The van der Waals surface area contributed by atoms with E-state index in [9.17, 15) is 0 Å². The van der Waals surface area contributed by atoms with E-state index in [4.69, 9.17) is 0 Å². The molecule has 0 aliphatic heterocycles. The summed E-state index contributed by atoms with van der Waals surface area (Å²) in [4.78, 5) is 2.67. The molecule has 0 spiro atoms. The number of alkyl halides is 1. The fraction of sp³-hybridized carbons (Fsp3) is 0.600. The van der Waals surface area contributed by atoms with Crippen molar-refractivity contribution in [1.29, 1.82) is 0 Å². The maximum absolute atomic E-state index is 3.54. The summed E-state index contributed by atoms with van der Waals surface area (Å²) in [6, 6.07) is 9.62. The molecule has 0 aromatic heterocycles. The molecule has 1 aromatic rings. The van der Waals surface area contributed by atoms with Crippen LogP contribution in [-0.2, 0) is 6.54 Å². The molecule has 2 heteroatoms. The summed E-state index contributed by atoms with van der Waals surface area (Å²) in [7, 11) is 0. The Bertz CT molecular complexity index is 347. The first-order valence-electron chi connectivity index (χ1n) is 6.66. The van der Waals surface area contributed by atoms with Crippen LogP contribution in [0.5, 0.6) is 0 Å². The van der Waals surface area contributed by atoms with Gasteiger partial charge in [-0.05, 0) is 43.9 Å². The average Bonchev–Trinajstić information content (AvgIpc) is 2.26. The molecular weight excluding hydrogens is 274 g/mol. The zero-order valence-corrected chi connectivity index (χ0v) is 12.2. The molecule has 0 N–H and O–H groups in total. The van der Waals surface area contributed by atoms with Gasteiger partial charge in [0.15, 0.2) is 0 Å². The molecule has 1 nitrogen and oxygen atoms in total. The maximum atomic E-state index is 3.54. The van der Waals surface area contributed by atoms with E-state index >= 15 is 0 Å². The molecule has 1 fully saturated rings. The molecule has 1 saturated carbocycles. The highest BCUT2D eigenvalue weighted by atomic mass is 79.9. The second-order valence-electron chi connectivity index (χ2n) is 5.02. The highest BCUT2D eigenvalue weighted by Crippen LogP contribution is 2.27. The van der Waals surface area contributed by atoms with Crippen molar-refractivity contribution in [3.8, 4) is 0 Å². The fourth-order valence-electron chi connectivity index (χ4n) is 2.41. The van der Waals surface area contributed by atoms with Crippen LogP contribution in [0, 0.1) is 6.92 Å². The molecule has 94 valence electrons. The first kappa shape index (κ1) is 13.1. The molecule has 1 aromatic carbocycles. The molecular formula is C15H22BrN. The Morgan fingerprint density at radius 2 is 2.06 bits per heavy atom. The fourth-order valence-corrected chi connectivity index (χ4v) is 2.66. The second-order valence-corrected chi connectivity index (χ2v) is 5.82. The molecule has 0 heterocycles. The summed E-state index contributed by atoms with van der Waals surface area (Å²) in [6.07, 6.45) is 5.47. The van der Waals surface area contributed by atoms with Gasteiger partial charge in [-0.15, -0.1) is 0 Å². The highest BCUT2D eigenvalue weighted by Gasteiger charge is 2.24. The monoisotopic (exact) mass is 295 g/mol. The normalized spacial score (nSPS) is 16.2. The molecule has 0 radical (unpaired) electrons. The van der Waals surface area contributed by atoms with Crippen LogP contribution in [0.1, 0.15) is 36.8 Å². The van der Waals surface area contributed by atoms with Crippen molar-refractivity contribution in [2.24, 2.45) is 0 Å². The average molecular weight is 296 g/mol. The second kappa shape index (κ2) is 6.55. The van der Waals surface area contributed by atoms with Gasteiger partial charge in [0, 0.05) is 17.9 Å². The van der Waals surface area contributed by atoms with Crippen LogP contribution in [0.25, 0.3) is 0 Å². The smallest absolute Gasteiger partial charge is 0.0239 e. The van der Waals surface area contributed by atoms with Crippen LogP contribution in [0.2, 0.25) is 0 Å². The van der Waals surface area contributed by atoms with E-state index in [1.54, 1.807) is 0 Å². The Morgan fingerprint density at radius 1 is 1.29 bits per heavy atom. The Hall–Kier alpha value is -0.340. The largest absolute Gasteiger partial charge is 0.296 e. The van der Waals surface area contributed by atoms with E-state index in [-0.39, 0.29) is 0 Å². The molecule has 1 aliphatic rings. The first-order chi connectivity index (χ1) is 8.31. The lowest BCUT2D eigenvalue weighted by molar-refractivity contribution is 0.120. The van der Waals surface area contributed by atoms with Crippen molar-refractivity contribution in [2.75, 3.05) is 11.9 Å². The quantitative estimate of drug-likeness (QED) is 0.713. The maximum Gasteiger partial charge on any atom is 0.0239 e. The van der Waals surface area contributed by atoms with Gasteiger partial charge in [0.25, 0.3) is 0 Å². The predicted molar refractivity (Wildman–Crippen MR) is 77.6 cm³/mol. The van der Waals surface area contributed by atoms with E-state index in [1.165, 1.54) is 43.4 Å². The zero-order chi connectivity index (χ0) is 12.1. The van der Waals surface area contributed by atoms with Crippen LogP contribution >= 0.6 is 15.9 Å². The number of aryl methyl sites for hydroxylation is 1. The molecule has 0 unspecified atom stereocenters. The third kappa shape index (κ3) is 3.56. The van der Waals surface area contributed by atoms with Gasteiger partial charge in [-0.3, -0.25) is 4.90 Å². The predicted octanol–water partition coefficient (Wildman–Crippen LogP) is 4.13. The highest BCUT2D eigenvalue weighted by molar-refractivity contribution is 9.09. The summed E-state index contributed by atoms with van der Waals surface area (Å²) in [5.74, 6) is 0. The minimum atomic E-state index is 0.841. The SMILES string of the molecule is Cc1ccccc1CN(CCCBr)C1CCC1. The minimum absolute atomic E-state index is 0.841. The van der Waals surface area contributed by atoms with E-state index in [0.717, 1.165) is 17.9 Å². The Kier molecular flexibility index (Phi) is 5.05. The van der Waals surface area contributed by atoms with E-state index in [2.05, 4.69) is 52.0 Å². The Balaban J connectivity index is 1.98. The van der Waals surface area contributed by atoms with Crippen molar-refractivity contribution in [1.82, 2.24) is 4.90 Å². The third-order valence-electron chi connectivity index (χ3n) is 3.80. The first-order valence-corrected chi connectivity index (χ1v) is 7.78. The number of benzene rings is 1. The molecule has 17 heavy (non-hydrogen) atoms. The number of hydrogen-bond donors (Lipinski definition) is 0. The van der Waals surface area contributed by atoms with E-state index < -0.39 is 0 Å². The van der Waals surface area contributed by atoms with E-state index in [1.807, 2.05) is 0 Å². The summed E-state index contributed by atoms with van der Waals surface area (Å²) >= 11 is 3.54. The summed E-state index contributed by atoms with van der Waals surface area (Å²) in [6.45, 7) is 4.58. The lowest BCUT2D eigenvalue weighted by Crippen LogP contribution is -2.40. The van der Waals surface area contributed by atoms with Gasteiger partial charge in [0.1, 0.15) is 0 Å². The van der Waals surface area contributed by atoms with Crippen molar-refractivity contribution >= 4 is 15.9 Å². The van der Waals surface area contributed by atoms with Crippen LogP contribution in [0.15, 0.2) is 24.3 Å². The molecule has 2 rings (SSSR count). The summed E-state index contributed by atoms with van der Waals surface area (Å²) < 4.78 is 0. The Labute approximate surface area is 113 Å². The Morgan fingerprint density at radius 3 is 2.65 bits per heavy atom. The number of rotatable bonds is 6. The third-order valence-corrected chi connectivity index (χ3v) is 4.37. The van der Waals surface area contributed by atoms with Crippen LogP contribution in [0.4, 0.5) is 0 Å². The van der Waals surface area contributed by atoms with Crippen molar-refractivity contribution in [3.05, 3.63) is 35.4 Å². The molecule has 0 atom stereocenters. The van der Waals surface area contributed by atoms with Crippen LogP contribution in [-0.4, -0.2) is 22.8 Å². The molecule has 0 bridgehead atoms. The number of halogens is 1. The van der Waals surface area contributed by atoms with Gasteiger partial charge < -0.3 is 0 Å². The van der Waals surface area contributed by atoms with Crippen LogP contribution in [0.3, 0.4) is 0 Å². The standard InChI is InChI=1S/C15H22BrN/c1-13-6-2-3-7-14(13)12-17(11-5-10-16)15-8-4-9-15/h2-3,6-7,15H,4-5,8-12H2,1H3. The van der Waals surface area contributed by atoms with Gasteiger partial charge in [0.2, 0.25) is 0 Å². The molecule has 0 amide bonds. The lowest BCUT2D eigenvalue weighted by atomic mass is 9.90. The van der Waals surface area contributed by atoms with Crippen molar-refractivity contribution in [3.63, 3.8) is 0 Å². The van der Waals surface area contributed by atoms with E-state index in [0.29, 0.717) is 0 Å². The zero-order valence-electron chi connectivity index (χ0n) is 10.7. The summed E-state index contributed by atoms with van der Waals surface area (Å²) in [5.41, 5.74) is 2.92.